The van der Waals surface area contributed by atoms with Crippen molar-refractivity contribution in [3.8, 4) is 5.75 Å². The Balaban J connectivity index is 1.76. The van der Waals surface area contributed by atoms with E-state index in [0.717, 1.165) is 54.6 Å². The number of nitrogens with zero attached hydrogens (tertiary/aromatic N) is 1. The van der Waals surface area contributed by atoms with Gasteiger partial charge in [-0.1, -0.05) is 6.07 Å². The van der Waals surface area contributed by atoms with Crippen LogP contribution in [-0.2, 0) is 6.42 Å². The van der Waals surface area contributed by atoms with Crippen molar-refractivity contribution in [3.05, 3.63) is 24.1 Å². The molecule has 96 valence electrons. The molecule has 0 saturated carbocycles. The number of oxazole rings is 1. The zero-order chi connectivity index (χ0) is 12.4. The van der Waals surface area contributed by atoms with Crippen LogP contribution in [0.25, 0.3) is 11.1 Å². The van der Waals surface area contributed by atoms with Crippen LogP contribution in [0.3, 0.4) is 0 Å². The predicted molar refractivity (Wildman–Crippen MR) is 69.9 cm³/mol. The molecule has 1 unspecified atom stereocenters. The summed E-state index contributed by atoms with van der Waals surface area (Å²) < 4.78 is 11.0. The predicted octanol–water partition coefficient (Wildman–Crippen LogP) is 2.38. The van der Waals surface area contributed by atoms with Crippen LogP contribution in [0.5, 0.6) is 5.75 Å². The molecule has 0 amide bonds. The molecule has 0 radical (unpaired) electrons. The normalized spacial score (nSPS) is 19.5. The highest BCUT2D eigenvalue weighted by Crippen LogP contribution is 2.26. The van der Waals surface area contributed by atoms with Crippen LogP contribution < -0.4 is 10.1 Å². The molecule has 1 N–H and O–H groups in total. The summed E-state index contributed by atoms with van der Waals surface area (Å²) in [7, 11) is 1.66. The summed E-state index contributed by atoms with van der Waals surface area (Å²) in [5, 5.41) is 3.38. The maximum Gasteiger partial charge on any atom is 0.195 e. The van der Waals surface area contributed by atoms with Gasteiger partial charge in [-0.3, -0.25) is 0 Å². The van der Waals surface area contributed by atoms with Gasteiger partial charge in [-0.2, -0.15) is 0 Å². The highest BCUT2D eigenvalue weighted by molar-refractivity contribution is 5.79. The van der Waals surface area contributed by atoms with Gasteiger partial charge in [0, 0.05) is 6.42 Å². The van der Waals surface area contributed by atoms with Crippen LogP contribution in [0.2, 0.25) is 0 Å². The molecular weight excluding hydrogens is 228 g/mol. The Labute approximate surface area is 106 Å². The maximum atomic E-state index is 5.76. The Morgan fingerprint density at radius 1 is 1.50 bits per heavy atom. The first-order valence-corrected chi connectivity index (χ1v) is 6.50. The van der Waals surface area contributed by atoms with E-state index in [0.29, 0.717) is 0 Å². The Morgan fingerprint density at radius 2 is 2.44 bits per heavy atom. The van der Waals surface area contributed by atoms with Gasteiger partial charge in [-0.15, -0.1) is 0 Å². The molecular formula is C14H18N2O2. The average Bonchev–Trinajstić information content (AvgIpc) is 3.04. The van der Waals surface area contributed by atoms with E-state index in [4.69, 9.17) is 9.15 Å². The zero-order valence-corrected chi connectivity index (χ0v) is 10.6. The van der Waals surface area contributed by atoms with Crippen molar-refractivity contribution in [1.82, 2.24) is 10.3 Å². The number of nitrogens with one attached hydrogen (secondary N) is 1. The zero-order valence-electron chi connectivity index (χ0n) is 10.6. The van der Waals surface area contributed by atoms with Crippen molar-refractivity contribution in [2.45, 2.75) is 19.3 Å². The Bertz CT molecular complexity index is 530. The molecule has 1 aliphatic heterocycles. The van der Waals surface area contributed by atoms with Crippen molar-refractivity contribution in [2.24, 2.45) is 5.92 Å². The number of fused-ring (bicyclic) bond motifs is 1. The Morgan fingerprint density at radius 3 is 3.22 bits per heavy atom. The number of rotatable bonds is 4. The third-order valence-corrected chi connectivity index (χ3v) is 3.57. The SMILES string of the molecule is COc1cccc2oc(CCC3CCNC3)nc12. The number of aryl methyl sites for hydroxylation is 1. The number of methoxy groups -OCH3 is 1. The second-order valence-corrected chi connectivity index (χ2v) is 4.81. The summed E-state index contributed by atoms with van der Waals surface area (Å²) in [6, 6.07) is 5.78. The van der Waals surface area contributed by atoms with E-state index in [2.05, 4.69) is 10.3 Å². The lowest BCUT2D eigenvalue weighted by Crippen LogP contribution is -2.09. The first-order chi connectivity index (χ1) is 8.86. The molecule has 2 heterocycles. The van der Waals surface area contributed by atoms with Crippen LogP contribution >= 0.6 is 0 Å². The maximum absolute atomic E-state index is 5.76. The monoisotopic (exact) mass is 246 g/mol. The van der Waals surface area contributed by atoms with Gasteiger partial charge in [-0.05, 0) is 44.0 Å². The third kappa shape index (κ3) is 2.20. The highest BCUT2D eigenvalue weighted by atomic mass is 16.5. The largest absolute Gasteiger partial charge is 0.494 e. The smallest absolute Gasteiger partial charge is 0.195 e. The molecule has 1 aromatic carbocycles. The van der Waals surface area contributed by atoms with E-state index in [9.17, 15) is 0 Å². The van der Waals surface area contributed by atoms with E-state index in [1.165, 1.54) is 6.42 Å². The number of para-hydroxylation sites is 1. The van der Waals surface area contributed by atoms with E-state index >= 15 is 0 Å². The van der Waals surface area contributed by atoms with Gasteiger partial charge in [0.05, 0.1) is 7.11 Å². The Hall–Kier alpha value is -1.55. The molecule has 0 bridgehead atoms. The molecule has 4 heteroatoms. The number of hydrogen-bond acceptors (Lipinski definition) is 4. The number of aromatic nitrogens is 1. The molecule has 18 heavy (non-hydrogen) atoms. The lowest BCUT2D eigenvalue weighted by atomic mass is 10.0. The van der Waals surface area contributed by atoms with Crippen LogP contribution in [0, 0.1) is 5.92 Å². The summed E-state index contributed by atoms with van der Waals surface area (Å²) in [4.78, 5) is 4.53. The van der Waals surface area contributed by atoms with Gasteiger partial charge in [0.1, 0.15) is 5.75 Å². The van der Waals surface area contributed by atoms with E-state index in [-0.39, 0.29) is 0 Å². The molecule has 1 saturated heterocycles. The molecule has 1 atom stereocenters. The topological polar surface area (TPSA) is 47.3 Å². The number of benzene rings is 1. The highest BCUT2D eigenvalue weighted by Gasteiger charge is 2.16. The summed E-state index contributed by atoms with van der Waals surface area (Å²) in [6.45, 7) is 2.27. The van der Waals surface area contributed by atoms with E-state index in [1.54, 1.807) is 7.11 Å². The summed E-state index contributed by atoms with van der Waals surface area (Å²) in [5.41, 5.74) is 1.65. The van der Waals surface area contributed by atoms with Gasteiger partial charge >= 0.3 is 0 Å². The van der Waals surface area contributed by atoms with Crippen LogP contribution in [0.15, 0.2) is 22.6 Å². The lowest BCUT2D eigenvalue weighted by Gasteiger charge is -2.04. The second kappa shape index (κ2) is 4.98. The standard InChI is InChI=1S/C14H18N2O2/c1-17-11-3-2-4-12-14(11)16-13(18-12)6-5-10-7-8-15-9-10/h2-4,10,15H,5-9H2,1H3. The van der Waals surface area contributed by atoms with Gasteiger partial charge in [0.15, 0.2) is 17.0 Å². The van der Waals surface area contributed by atoms with E-state index in [1.807, 2.05) is 18.2 Å². The fourth-order valence-corrected chi connectivity index (χ4v) is 2.53. The second-order valence-electron chi connectivity index (χ2n) is 4.81. The van der Waals surface area contributed by atoms with Gasteiger partial charge in [0.25, 0.3) is 0 Å². The lowest BCUT2D eigenvalue weighted by molar-refractivity contribution is 0.419. The number of hydrogen-bond donors (Lipinski definition) is 1. The number of ether oxygens (including phenoxy) is 1. The van der Waals surface area contributed by atoms with Gasteiger partial charge in [-0.25, -0.2) is 4.98 Å². The first kappa shape index (κ1) is 11.5. The fraction of sp³-hybridized carbons (Fsp3) is 0.500. The summed E-state index contributed by atoms with van der Waals surface area (Å²) in [6.07, 6.45) is 3.32. The van der Waals surface area contributed by atoms with Crippen LogP contribution in [0.1, 0.15) is 18.7 Å². The average molecular weight is 246 g/mol. The molecule has 0 aliphatic carbocycles. The van der Waals surface area contributed by atoms with Gasteiger partial charge < -0.3 is 14.5 Å². The van der Waals surface area contributed by atoms with Crippen LogP contribution in [0.4, 0.5) is 0 Å². The van der Waals surface area contributed by atoms with Crippen LogP contribution in [-0.4, -0.2) is 25.2 Å². The molecule has 4 nitrogen and oxygen atoms in total. The minimum atomic E-state index is 0.766. The third-order valence-electron chi connectivity index (χ3n) is 3.57. The minimum Gasteiger partial charge on any atom is -0.494 e. The fourth-order valence-electron chi connectivity index (χ4n) is 2.53. The minimum absolute atomic E-state index is 0.766. The van der Waals surface area contributed by atoms with Crippen molar-refractivity contribution in [3.63, 3.8) is 0 Å². The van der Waals surface area contributed by atoms with Gasteiger partial charge in [0.2, 0.25) is 0 Å². The molecule has 1 aromatic heterocycles. The molecule has 1 fully saturated rings. The summed E-state index contributed by atoms with van der Waals surface area (Å²) >= 11 is 0. The van der Waals surface area contributed by atoms with Crippen molar-refractivity contribution < 1.29 is 9.15 Å². The van der Waals surface area contributed by atoms with E-state index < -0.39 is 0 Å². The molecule has 2 aromatic rings. The van der Waals surface area contributed by atoms with Crippen molar-refractivity contribution in [1.29, 1.82) is 0 Å². The quantitative estimate of drug-likeness (QED) is 0.899. The summed E-state index contributed by atoms with van der Waals surface area (Å²) in [5.74, 6) is 2.37. The van der Waals surface area contributed by atoms with Crippen molar-refractivity contribution in [2.75, 3.05) is 20.2 Å². The first-order valence-electron chi connectivity index (χ1n) is 6.50. The molecule has 3 rings (SSSR count). The Kier molecular flexibility index (Phi) is 3.19. The molecule has 1 aliphatic rings. The molecule has 0 spiro atoms. The van der Waals surface area contributed by atoms with Crippen molar-refractivity contribution >= 4 is 11.1 Å².